The fraction of sp³-hybridized carbons (Fsp3) is 0.440. The third-order valence-corrected chi connectivity index (χ3v) is 5.43. The minimum Gasteiger partial charge on any atom is -0.508 e. The van der Waals surface area contributed by atoms with Crippen molar-refractivity contribution in [3.05, 3.63) is 59.2 Å². The van der Waals surface area contributed by atoms with Crippen LogP contribution in [0.1, 0.15) is 39.2 Å². The maximum Gasteiger partial charge on any atom is 0.227 e. The Hall–Kier alpha value is -2.74. The molecular weight excluding hydrogens is 410 g/mol. The summed E-state index contributed by atoms with van der Waals surface area (Å²) in [5.41, 5.74) is 2.73. The lowest BCUT2D eigenvalue weighted by Crippen LogP contribution is -2.28. The molecule has 0 unspecified atom stereocenters. The Balaban J connectivity index is 2.38. The molecule has 1 aliphatic heterocycles. The molecule has 1 amide bonds. The number of benzene rings is 1. The number of aromatic hydroxyl groups is 1. The molecule has 2 bridgehead atoms. The Kier molecular flexibility index (Phi) is 9.38. The quantitative estimate of drug-likeness (QED) is 0.496. The van der Waals surface area contributed by atoms with Crippen molar-refractivity contribution in [1.29, 1.82) is 0 Å². The molecule has 0 radical (unpaired) electrons. The Morgan fingerprint density at radius 1 is 1.09 bits per heavy atom. The van der Waals surface area contributed by atoms with E-state index < -0.39 is 30.1 Å². The number of ketones is 1. The minimum atomic E-state index is -1.04. The van der Waals surface area contributed by atoms with Gasteiger partial charge in [0.2, 0.25) is 5.91 Å². The van der Waals surface area contributed by atoms with Gasteiger partial charge in [0.05, 0.1) is 18.6 Å². The molecule has 0 saturated heterocycles. The lowest BCUT2D eigenvalue weighted by Gasteiger charge is -2.19. The van der Waals surface area contributed by atoms with Crippen LogP contribution < -0.4 is 5.32 Å². The van der Waals surface area contributed by atoms with Crippen LogP contribution in [0.25, 0.3) is 0 Å². The molecule has 0 aromatic heterocycles. The van der Waals surface area contributed by atoms with E-state index >= 15 is 0 Å². The number of phenolic OH excluding ortho intramolecular Hbond substituents is 1. The van der Waals surface area contributed by atoms with Crippen molar-refractivity contribution in [1.82, 2.24) is 0 Å². The van der Waals surface area contributed by atoms with E-state index in [1.54, 1.807) is 44.2 Å². The number of hydrogen-bond acceptors (Lipinski definition) is 6. The summed E-state index contributed by atoms with van der Waals surface area (Å²) in [5, 5.41) is 33.6. The fourth-order valence-corrected chi connectivity index (χ4v) is 3.56. The summed E-state index contributed by atoms with van der Waals surface area (Å²) in [6, 6.07) is 4.83. The number of anilines is 1. The van der Waals surface area contributed by atoms with Gasteiger partial charge in [0.25, 0.3) is 0 Å². The number of nitrogens with one attached hydrogen (secondary N) is 1. The van der Waals surface area contributed by atoms with Gasteiger partial charge in [-0.3, -0.25) is 9.59 Å². The summed E-state index contributed by atoms with van der Waals surface area (Å²) in [7, 11) is 1.44. The van der Waals surface area contributed by atoms with Crippen molar-refractivity contribution in [2.24, 2.45) is 5.92 Å². The predicted molar refractivity (Wildman–Crippen MR) is 123 cm³/mol. The van der Waals surface area contributed by atoms with Gasteiger partial charge in [0.15, 0.2) is 5.78 Å². The van der Waals surface area contributed by atoms with E-state index in [0.717, 1.165) is 11.1 Å². The lowest BCUT2D eigenvalue weighted by molar-refractivity contribution is -0.128. The molecule has 1 aromatic rings. The van der Waals surface area contributed by atoms with Crippen molar-refractivity contribution in [3.8, 4) is 5.75 Å². The molecule has 0 fully saturated rings. The van der Waals surface area contributed by atoms with E-state index in [4.69, 9.17) is 4.74 Å². The van der Waals surface area contributed by atoms with Gasteiger partial charge in [-0.15, -0.1) is 0 Å². The third kappa shape index (κ3) is 7.75. The van der Waals surface area contributed by atoms with E-state index in [0.29, 0.717) is 17.7 Å². The normalized spacial score (nSPS) is 30.6. The first kappa shape index (κ1) is 25.5. The molecule has 2 rings (SSSR count). The smallest absolute Gasteiger partial charge is 0.227 e. The number of amides is 1. The van der Waals surface area contributed by atoms with Crippen LogP contribution in [0.2, 0.25) is 0 Å². The Bertz CT molecular complexity index is 917. The summed E-state index contributed by atoms with van der Waals surface area (Å²) in [6.45, 7) is 5.33. The zero-order valence-corrected chi connectivity index (χ0v) is 19.0. The van der Waals surface area contributed by atoms with Crippen LogP contribution in [0.15, 0.2) is 53.6 Å². The first-order valence-electron chi connectivity index (χ1n) is 10.7. The van der Waals surface area contributed by atoms with E-state index in [2.05, 4.69) is 5.32 Å². The summed E-state index contributed by atoms with van der Waals surface area (Å²) in [6.07, 6.45) is 4.35. The van der Waals surface area contributed by atoms with Crippen LogP contribution in [0.4, 0.5) is 5.69 Å². The second-order valence-corrected chi connectivity index (χ2v) is 8.39. The fourth-order valence-electron chi connectivity index (χ4n) is 3.56. The zero-order valence-electron chi connectivity index (χ0n) is 19.0. The third-order valence-electron chi connectivity index (χ3n) is 5.43. The van der Waals surface area contributed by atoms with E-state index in [1.165, 1.54) is 13.2 Å². The number of rotatable bonds is 1. The van der Waals surface area contributed by atoms with Crippen molar-refractivity contribution in [2.75, 3.05) is 12.4 Å². The van der Waals surface area contributed by atoms with Crippen molar-refractivity contribution < 1.29 is 29.6 Å². The van der Waals surface area contributed by atoms with Gasteiger partial charge in [-0.1, -0.05) is 30.7 Å². The number of Topliss-reactive ketones (excluding diaryl/α,β-unsaturated/α-hetero) is 1. The van der Waals surface area contributed by atoms with Crippen LogP contribution in [0.3, 0.4) is 0 Å². The number of carbonyl (C=O) groups excluding carboxylic acids is 2. The molecular formula is C25H33NO6. The van der Waals surface area contributed by atoms with Crippen LogP contribution in [0.5, 0.6) is 5.75 Å². The number of fused-ring (bicyclic) bond motifs is 2. The summed E-state index contributed by atoms with van der Waals surface area (Å²) in [5.74, 6) is -1.04. The van der Waals surface area contributed by atoms with Gasteiger partial charge in [-0.2, -0.15) is 0 Å². The van der Waals surface area contributed by atoms with Gasteiger partial charge in [0, 0.05) is 31.2 Å². The van der Waals surface area contributed by atoms with E-state index in [-0.39, 0.29) is 24.4 Å². The number of ether oxygens (including phenoxy) is 1. The molecule has 32 heavy (non-hydrogen) atoms. The zero-order chi connectivity index (χ0) is 23.8. The maximum atomic E-state index is 12.6. The molecule has 0 saturated carbocycles. The average Bonchev–Trinajstić information content (AvgIpc) is 2.69. The molecule has 4 atom stereocenters. The Morgan fingerprint density at radius 3 is 2.50 bits per heavy atom. The van der Waals surface area contributed by atoms with E-state index in [9.17, 15) is 24.9 Å². The van der Waals surface area contributed by atoms with Crippen LogP contribution in [-0.2, 0) is 20.7 Å². The molecule has 1 aliphatic rings. The first-order valence-corrected chi connectivity index (χ1v) is 10.7. The highest BCUT2D eigenvalue weighted by atomic mass is 16.5. The topological polar surface area (TPSA) is 116 Å². The van der Waals surface area contributed by atoms with Gasteiger partial charge in [0.1, 0.15) is 11.9 Å². The first-order chi connectivity index (χ1) is 15.1. The van der Waals surface area contributed by atoms with Gasteiger partial charge >= 0.3 is 0 Å². The molecule has 7 heteroatoms. The molecule has 1 heterocycles. The highest BCUT2D eigenvalue weighted by molar-refractivity contribution is 5.91. The number of allylic oxidation sites excluding steroid dienone is 3. The van der Waals surface area contributed by atoms with Crippen LogP contribution in [0, 0.1) is 5.92 Å². The van der Waals surface area contributed by atoms with Crippen molar-refractivity contribution in [2.45, 2.75) is 58.3 Å². The van der Waals surface area contributed by atoms with Gasteiger partial charge in [-0.05, 0) is 49.6 Å². The van der Waals surface area contributed by atoms with E-state index in [1.807, 2.05) is 13.0 Å². The SMILES string of the molecule is CO[C@@H]1/C=C\C=C(/C)Cc2cc(O)cc(c2)NC(=O)C[C@H](O)/C(C)=C\[C@@H](C)[C@H](O)CC1=O. The second-order valence-electron chi connectivity index (χ2n) is 8.39. The molecule has 174 valence electrons. The second kappa shape index (κ2) is 11.8. The Morgan fingerprint density at radius 2 is 1.81 bits per heavy atom. The molecule has 7 nitrogen and oxygen atoms in total. The number of methoxy groups -OCH3 is 1. The number of carbonyl (C=O) groups is 2. The molecule has 0 aliphatic carbocycles. The van der Waals surface area contributed by atoms with Crippen molar-refractivity contribution in [3.63, 3.8) is 0 Å². The molecule has 4 N–H and O–H groups in total. The van der Waals surface area contributed by atoms with Gasteiger partial charge < -0.3 is 25.4 Å². The predicted octanol–water partition coefficient (Wildman–Crippen LogP) is 3.06. The highest BCUT2D eigenvalue weighted by Crippen LogP contribution is 2.23. The van der Waals surface area contributed by atoms with Gasteiger partial charge in [-0.25, -0.2) is 0 Å². The largest absolute Gasteiger partial charge is 0.508 e. The van der Waals surface area contributed by atoms with Crippen molar-refractivity contribution >= 4 is 17.4 Å². The molecule has 1 aromatic carbocycles. The minimum absolute atomic E-state index is 0.0246. The monoisotopic (exact) mass is 443 g/mol. The molecule has 0 spiro atoms. The summed E-state index contributed by atoms with van der Waals surface area (Å²) in [4.78, 5) is 25.0. The Labute approximate surface area is 189 Å². The highest BCUT2D eigenvalue weighted by Gasteiger charge is 2.23. The number of phenols is 1. The average molecular weight is 444 g/mol. The van der Waals surface area contributed by atoms with Crippen LogP contribution in [-0.4, -0.2) is 52.4 Å². The standard InChI is InChI=1S/C25H33NO6/c1-15-6-5-7-24(32-4)23(30)13-21(28)16(2)9-17(3)22(29)14-25(31)26-19-10-18(8-15)11-20(27)12-19/h5-7,9-12,16,21-22,24,27-29H,8,13-14H2,1-4H3,(H,26,31)/b7-5-,15-6+,17-9-/t16-,21-,22+,24-/m1/s1. The number of hydrogen-bond donors (Lipinski definition) is 4. The number of aliphatic hydroxyl groups is 2. The summed E-state index contributed by atoms with van der Waals surface area (Å²) >= 11 is 0. The summed E-state index contributed by atoms with van der Waals surface area (Å²) < 4.78 is 5.27. The maximum absolute atomic E-state index is 12.6. The lowest BCUT2D eigenvalue weighted by atomic mass is 9.94. The number of aliphatic hydroxyl groups excluding tert-OH is 2. The van der Waals surface area contributed by atoms with Crippen LogP contribution >= 0.6 is 0 Å².